The van der Waals surface area contributed by atoms with Crippen molar-refractivity contribution in [1.29, 1.82) is 0 Å². The van der Waals surface area contributed by atoms with Crippen molar-refractivity contribution in [2.45, 2.75) is 19.9 Å². The quantitative estimate of drug-likeness (QED) is 0.918. The second kappa shape index (κ2) is 5.05. The van der Waals surface area contributed by atoms with Crippen molar-refractivity contribution < 1.29 is 19.0 Å². The van der Waals surface area contributed by atoms with Crippen molar-refractivity contribution in [2.24, 2.45) is 0 Å². The molecule has 1 N–H and O–H groups in total. The monoisotopic (exact) mass is 265 g/mol. The summed E-state index contributed by atoms with van der Waals surface area (Å²) < 4.78 is 20.6. The third kappa shape index (κ3) is 2.70. The van der Waals surface area contributed by atoms with Gasteiger partial charge in [0.25, 0.3) is 5.88 Å². The van der Waals surface area contributed by atoms with Crippen molar-refractivity contribution >= 4 is 5.97 Å². The van der Waals surface area contributed by atoms with Gasteiger partial charge in [-0.1, -0.05) is 0 Å². The number of aromatic carboxylic acids is 1. The Hall–Kier alpha value is -2.44. The van der Waals surface area contributed by atoms with Crippen LogP contribution in [0.4, 0.5) is 4.39 Å². The highest BCUT2D eigenvalue weighted by atomic mass is 19.1. The largest absolute Gasteiger partial charge is 0.478 e. The van der Waals surface area contributed by atoms with Crippen LogP contribution >= 0.6 is 0 Å². The van der Waals surface area contributed by atoms with Crippen molar-refractivity contribution in [3.8, 4) is 11.6 Å². The molecule has 0 saturated heterocycles. The summed E-state index contributed by atoms with van der Waals surface area (Å²) >= 11 is 0. The van der Waals surface area contributed by atoms with Crippen molar-refractivity contribution in [2.75, 3.05) is 0 Å². The van der Waals surface area contributed by atoms with E-state index in [1.165, 1.54) is 12.4 Å². The Morgan fingerprint density at radius 3 is 2.84 bits per heavy atom. The van der Waals surface area contributed by atoms with E-state index in [1.54, 1.807) is 10.9 Å². The SMILES string of the molecule is CC(C)n1cc(Oc2nccc(C(=O)O)c2F)cn1. The number of halogens is 1. The van der Waals surface area contributed by atoms with Gasteiger partial charge in [-0.25, -0.2) is 14.2 Å². The number of nitrogens with zero attached hydrogens (tertiary/aromatic N) is 3. The molecule has 0 aliphatic heterocycles. The molecule has 0 unspecified atom stereocenters. The number of hydrogen-bond acceptors (Lipinski definition) is 4. The zero-order chi connectivity index (χ0) is 14.0. The molecule has 7 heteroatoms. The number of pyridine rings is 1. The summed E-state index contributed by atoms with van der Waals surface area (Å²) in [5.41, 5.74) is -0.485. The van der Waals surface area contributed by atoms with E-state index in [0.29, 0.717) is 5.75 Å². The second-order valence-electron chi connectivity index (χ2n) is 4.13. The lowest BCUT2D eigenvalue weighted by Crippen LogP contribution is -2.03. The Morgan fingerprint density at radius 2 is 2.26 bits per heavy atom. The van der Waals surface area contributed by atoms with Crippen LogP contribution in [-0.2, 0) is 0 Å². The molecule has 100 valence electrons. The van der Waals surface area contributed by atoms with Crippen LogP contribution in [0.5, 0.6) is 11.6 Å². The smallest absolute Gasteiger partial charge is 0.338 e. The molecular weight excluding hydrogens is 253 g/mol. The van der Waals surface area contributed by atoms with Crippen molar-refractivity contribution in [3.63, 3.8) is 0 Å². The molecule has 6 nitrogen and oxygen atoms in total. The first kappa shape index (κ1) is 13.0. The molecule has 0 aliphatic rings. The van der Waals surface area contributed by atoms with Gasteiger partial charge >= 0.3 is 5.97 Å². The van der Waals surface area contributed by atoms with Crippen LogP contribution in [0.2, 0.25) is 0 Å². The number of ether oxygens (including phenoxy) is 1. The molecule has 0 aromatic carbocycles. The molecule has 2 aromatic rings. The van der Waals surface area contributed by atoms with E-state index >= 15 is 0 Å². The van der Waals surface area contributed by atoms with Gasteiger partial charge in [0.2, 0.25) is 0 Å². The van der Waals surface area contributed by atoms with Crippen LogP contribution in [0.3, 0.4) is 0 Å². The van der Waals surface area contributed by atoms with Gasteiger partial charge in [0.05, 0.1) is 12.4 Å². The highest BCUT2D eigenvalue weighted by Gasteiger charge is 2.17. The minimum atomic E-state index is -1.37. The summed E-state index contributed by atoms with van der Waals surface area (Å²) in [5.74, 6) is -2.47. The number of hydrogen-bond donors (Lipinski definition) is 1. The average molecular weight is 265 g/mol. The first-order valence-corrected chi connectivity index (χ1v) is 5.59. The van der Waals surface area contributed by atoms with Gasteiger partial charge in [0, 0.05) is 12.2 Å². The van der Waals surface area contributed by atoms with E-state index in [-0.39, 0.29) is 11.9 Å². The molecule has 2 rings (SSSR count). The Morgan fingerprint density at radius 1 is 1.53 bits per heavy atom. The van der Waals surface area contributed by atoms with Crippen LogP contribution in [0.25, 0.3) is 0 Å². The van der Waals surface area contributed by atoms with Gasteiger partial charge < -0.3 is 9.84 Å². The summed E-state index contributed by atoms with van der Waals surface area (Å²) in [6, 6.07) is 1.21. The van der Waals surface area contributed by atoms with E-state index < -0.39 is 17.3 Å². The lowest BCUT2D eigenvalue weighted by atomic mass is 10.2. The molecule has 0 saturated carbocycles. The Balaban J connectivity index is 2.28. The number of rotatable bonds is 4. The van der Waals surface area contributed by atoms with Gasteiger partial charge in [0.15, 0.2) is 11.6 Å². The number of carboxylic acid groups (broad SMARTS) is 1. The Kier molecular flexibility index (Phi) is 3.46. The summed E-state index contributed by atoms with van der Waals surface area (Å²) in [6.45, 7) is 3.86. The molecular formula is C12H12FN3O3. The maximum atomic E-state index is 13.8. The third-order valence-corrected chi connectivity index (χ3v) is 2.41. The van der Waals surface area contributed by atoms with E-state index in [0.717, 1.165) is 6.07 Å². The summed E-state index contributed by atoms with van der Waals surface area (Å²) in [4.78, 5) is 14.5. The van der Waals surface area contributed by atoms with E-state index in [2.05, 4.69) is 10.1 Å². The molecule has 2 heterocycles. The standard InChI is InChI=1S/C12H12FN3O3/c1-7(2)16-6-8(5-15-16)19-11-10(13)9(12(17)18)3-4-14-11/h3-7H,1-2H3,(H,17,18). The molecule has 0 bridgehead atoms. The molecule has 0 radical (unpaired) electrons. The topological polar surface area (TPSA) is 77.2 Å². The van der Waals surface area contributed by atoms with Crippen LogP contribution in [0.15, 0.2) is 24.7 Å². The number of carboxylic acids is 1. The summed E-state index contributed by atoms with van der Waals surface area (Å²) in [5, 5.41) is 12.8. The first-order chi connectivity index (χ1) is 8.99. The van der Waals surface area contributed by atoms with Crippen LogP contribution in [0, 0.1) is 5.82 Å². The zero-order valence-corrected chi connectivity index (χ0v) is 10.4. The number of carbonyl (C=O) groups is 1. The minimum Gasteiger partial charge on any atom is -0.478 e. The molecule has 2 aromatic heterocycles. The van der Waals surface area contributed by atoms with Crippen molar-refractivity contribution in [1.82, 2.24) is 14.8 Å². The maximum Gasteiger partial charge on any atom is 0.338 e. The van der Waals surface area contributed by atoms with E-state index in [9.17, 15) is 9.18 Å². The average Bonchev–Trinajstić information content (AvgIpc) is 2.80. The van der Waals surface area contributed by atoms with Crippen LogP contribution < -0.4 is 4.74 Å². The highest BCUT2D eigenvalue weighted by molar-refractivity contribution is 5.88. The number of aromatic nitrogens is 3. The fourth-order valence-corrected chi connectivity index (χ4v) is 1.43. The van der Waals surface area contributed by atoms with Crippen molar-refractivity contribution in [3.05, 3.63) is 36.0 Å². The second-order valence-corrected chi connectivity index (χ2v) is 4.13. The maximum absolute atomic E-state index is 13.8. The molecule has 19 heavy (non-hydrogen) atoms. The lowest BCUT2D eigenvalue weighted by molar-refractivity contribution is 0.0690. The first-order valence-electron chi connectivity index (χ1n) is 5.59. The minimum absolute atomic E-state index is 0.139. The van der Waals surface area contributed by atoms with Crippen LogP contribution in [-0.4, -0.2) is 25.8 Å². The van der Waals surface area contributed by atoms with Gasteiger partial charge in [0.1, 0.15) is 5.56 Å². The summed E-state index contributed by atoms with van der Waals surface area (Å²) in [6.07, 6.45) is 4.17. The Bertz CT molecular complexity index is 610. The van der Waals surface area contributed by atoms with Crippen LogP contribution in [0.1, 0.15) is 30.2 Å². The fourth-order valence-electron chi connectivity index (χ4n) is 1.43. The normalized spacial score (nSPS) is 10.7. The third-order valence-electron chi connectivity index (χ3n) is 2.41. The molecule has 0 fully saturated rings. The lowest BCUT2D eigenvalue weighted by Gasteiger charge is -2.05. The zero-order valence-electron chi connectivity index (χ0n) is 10.4. The fraction of sp³-hybridized carbons (Fsp3) is 0.250. The Labute approximate surface area is 108 Å². The molecule has 0 atom stereocenters. The van der Waals surface area contributed by atoms with Gasteiger partial charge in [-0.15, -0.1) is 0 Å². The van der Waals surface area contributed by atoms with Gasteiger partial charge in [-0.3, -0.25) is 4.68 Å². The predicted molar refractivity (Wildman–Crippen MR) is 63.8 cm³/mol. The van der Waals surface area contributed by atoms with E-state index in [1.807, 2.05) is 13.8 Å². The van der Waals surface area contributed by atoms with Gasteiger partial charge in [-0.05, 0) is 19.9 Å². The van der Waals surface area contributed by atoms with E-state index in [4.69, 9.17) is 9.84 Å². The highest BCUT2D eigenvalue weighted by Crippen LogP contribution is 2.24. The predicted octanol–water partition coefficient (Wildman–Crippen LogP) is 2.49. The molecule has 0 spiro atoms. The summed E-state index contributed by atoms with van der Waals surface area (Å²) in [7, 11) is 0. The molecule has 0 aliphatic carbocycles. The van der Waals surface area contributed by atoms with Gasteiger partial charge in [-0.2, -0.15) is 5.10 Å². The molecule has 0 amide bonds.